The van der Waals surface area contributed by atoms with Crippen LogP contribution in [-0.4, -0.2) is 47.0 Å². The van der Waals surface area contributed by atoms with Crippen LogP contribution in [0.3, 0.4) is 0 Å². The largest absolute Gasteiger partial charge is 0.353 e. The summed E-state index contributed by atoms with van der Waals surface area (Å²) in [6.07, 6.45) is 0.641. The zero-order valence-electron chi connectivity index (χ0n) is 16.8. The van der Waals surface area contributed by atoms with E-state index in [1.54, 1.807) is 13.0 Å². The maximum Gasteiger partial charge on any atom is 0.219 e. The van der Waals surface area contributed by atoms with Gasteiger partial charge < -0.3 is 9.80 Å². The Morgan fingerprint density at radius 3 is 2.39 bits per heavy atom. The molecule has 1 aliphatic rings. The normalized spacial score (nSPS) is 14.7. The summed E-state index contributed by atoms with van der Waals surface area (Å²) in [5, 5.41) is 1.27. The minimum Gasteiger partial charge on any atom is -0.353 e. The van der Waals surface area contributed by atoms with Crippen molar-refractivity contribution >= 4 is 34.9 Å². The molecule has 150 valence electrons. The molecule has 2 heterocycles. The number of piperazine rings is 1. The van der Waals surface area contributed by atoms with Crippen LogP contribution in [0, 0.1) is 6.92 Å². The van der Waals surface area contributed by atoms with Gasteiger partial charge >= 0.3 is 0 Å². The smallest absolute Gasteiger partial charge is 0.219 e. The number of anilines is 1. The van der Waals surface area contributed by atoms with Gasteiger partial charge in [-0.3, -0.25) is 4.79 Å². The van der Waals surface area contributed by atoms with Gasteiger partial charge in [0.15, 0.2) is 0 Å². The van der Waals surface area contributed by atoms with Crippen LogP contribution in [0.15, 0.2) is 18.2 Å². The molecule has 0 saturated carbocycles. The molecule has 3 rings (SSSR count). The van der Waals surface area contributed by atoms with Gasteiger partial charge in [0.1, 0.15) is 11.6 Å². The maximum atomic E-state index is 11.7. The Morgan fingerprint density at radius 1 is 1.14 bits per heavy atom. The van der Waals surface area contributed by atoms with Gasteiger partial charge in [0.2, 0.25) is 5.91 Å². The molecule has 5 nitrogen and oxygen atoms in total. The van der Waals surface area contributed by atoms with Crippen LogP contribution < -0.4 is 4.90 Å². The first-order chi connectivity index (χ1) is 13.3. The van der Waals surface area contributed by atoms with E-state index in [4.69, 9.17) is 33.2 Å². The van der Waals surface area contributed by atoms with Gasteiger partial charge in [0.25, 0.3) is 0 Å². The van der Waals surface area contributed by atoms with E-state index in [1.165, 1.54) is 0 Å². The van der Waals surface area contributed by atoms with Crippen molar-refractivity contribution in [3.63, 3.8) is 0 Å². The average molecular weight is 421 g/mol. The zero-order chi connectivity index (χ0) is 20.4. The maximum absolute atomic E-state index is 11.7. The van der Waals surface area contributed by atoms with Gasteiger partial charge in [0, 0.05) is 66.7 Å². The summed E-state index contributed by atoms with van der Waals surface area (Å²) in [5.41, 5.74) is 3.04. The molecule has 1 saturated heterocycles. The van der Waals surface area contributed by atoms with Crippen molar-refractivity contribution in [3.8, 4) is 0 Å². The lowest BCUT2D eigenvalue weighted by atomic mass is 10.0. The molecule has 0 spiro atoms. The molecule has 0 atom stereocenters. The van der Waals surface area contributed by atoms with Crippen molar-refractivity contribution in [1.82, 2.24) is 14.9 Å². The number of halogens is 2. The van der Waals surface area contributed by atoms with E-state index in [2.05, 4.69) is 18.7 Å². The molecular weight excluding hydrogens is 395 g/mol. The topological polar surface area (TPSA) is 49.3 Å². The summed E-state index contributed by atoms with van der Waals surface area (Å²) in [4.78, 5) is 25.5. The van der Waals surface area contributed by atoms with Crippen molar-refractivity contribution in [2.24, 2.45) is 0 Å². The van der Waals surface area contributed by atoms with Crippen molar-refractivity contribution in [2.45, 2.75) is 40.0 Å². The van der Waals surface area contributed by atoms with Crippen LogP contribution in [0.2, 0.25) is 10.0 Å². The van der Waals surface area contributed by atoms with Crippen molar-refractivity contribution in [1.29, 1.82) is 0 Å². The summed E-state index contributed by atoms with van der Waals surface area (Å²) >= 11 is 12.5. The lowest BCUT2D eigenvalue weighted by Gasteiger charge is -2.36. The van der Waals surface area contributed by atoms with E-state index in [-0.39, 0.29) is 11.8 Å². The van der Waals surface area contributed by atoms with Gasteiger partial charge in [0.05, 0.1) is 0 Å². The number of rotatable bonds is 4. The monoisotopic (exact) mass is 420 g/mol. The number of carbonyl (C=O) groups is 1. The van der Waals surface area contributed by atoms with Crippen molar-refractivity contribution < 1.29 is 4.79 Å². The lowest BCUT2D eigenvalue weighted by Crippen LogP contribution is -2.48. The Bertz CT molecular complexity index is 877. The minimum absolute atomic E-state index is 0.120. The molecule has 1 aromatic carbocycles. The predicted octanol–water partition coefficient (Wildman–Crippen LogP) is 4.47. The molecule has 1 fully saturated rings. The Balaban J connectivity index is 1.98. The van der Waals surface area contributed by atoms with E-state index in [1.807, 2.05) is 24.0 Å². The molecule has 0 unspecified atom stereocenters. The molecule has 7 heteroatoms. The second-order valence-corrected chi connectivity index (χ2v) is 8.37. The summed E-state index contributed by atoms with van der Waals surface area (Å²) in [6, 6.07) is 5.58. The van der Waals surface area contributed by atoms with Crippen molar-refractivity contribution in [3.05, 3.63) is 50.9 Å². The van der Waals surface area contributed by atoms with E-state index < -0.39 is 0 Å². The fourth-order valence-electron chi connectivity index (χ4n) is 3.42. The van der Waals surface area contributed by atoms with Gasteiger partial charge in [-0.1, -0.05) is 43.1 Å². The number of aromatic nitrogens is 2. The summed E-state index contributed by atoms with van der Waals surface area (Å²) in [7, 11) is 0. The molecule has 0 N–H and O–H groups in total. The quantitative estimate of drug-likeness (QED) is 0.731. The predicted molar refractivity (Wildman–Crippen MR) is 115 cm³/mol. The average Bonchev–Trinajstić information content (AvgIpc) is 2.65. The number of hydrogen-bond acceptors (Lipinski definition) is 4. The molecule has 1 aliphatic heterocycles. The molecule has 0 bridgehead atoms. The van der Waals surface area contributed by atoms with E-state index in [0.29, 0.717) is 29.6 Å². The molecule has 1 amide bonds. The highest BCUT2D eigenvalue weighted by molar-refractivity contribution is 6.35. The first kappa shape index (κ1) is 20.9. The number of aryl methyl sites for hydroxylation is 1. The summed E-state index contributed by atoms with van der Waals surface area (Å²) in [5.74, 6) is 2.15. The number of benzene rings is 1. The third-order valence-electron chi connectivity index (χ3n) is 5.13. The van der Waals surface area contributed by atoms with E-state index >= 15 is 0 Å². The molecular formula is C21H26Cl2N4O. The van der Waals surface area contributed by atoms with Crippen LogP contribution in [0.25, 0.3) is 0 Å². The lowest BCUT2D eigenvalue weighted by molar-refractivity contribution is -0.129. The van der Waals surface area contributed by atoms with Crippen LogP contribution in [0.1, 0.15) is 49.3 Å². The van der Waals surface area contributed by atoms with E-state index in [9.17, 15) is 4.79 Å². The minimum atomic E-state index is 0.120. The first-order valence-electron chi connectivity index (χ1n) is 9.58. The van der Waals surface area contributed by atoms with Crippen LogP contribution in [-0.2, 0) is 11.2 Å². The first-order valence-corrected chi connectivity index (χ1v) is 10.3. The highest BCUT2D eigenvalue weighted by Gasteiger charge is 2.24. The highest BCUT2D eigenvalue weighted by Crippen LogP contribution is 2.30. The Kier molecular flexibility index (Phi) is 6.46. The zero-order valence-corrected chi connectivity index (χ0v) is 18.3. The van der Waals surface area contributed by atoms with Crippen LogP contribution >= 0.6 is 23.2 Å². The second kappa shape index (κ2) is 8.66. The molecule has 0 radical (unpaired) electrons. The standard InChI is InChI=1S/C21H26Cl2N4O/c1-13(2)20-24-14(3)18(11-16-5-6-17(22)12-19(16)23)21(25-20)27-9-7-26(8-10-27)15(4)28/h5-6,12-13H,7-11H2,1-4H3. The van der Waals surface area contributed by atoms with Crippen LogP contribution in [0.5, 0.6) is 0 Å². The number of amides is 1. The molecule has 2 aromatic rings. The Hall–Kier alpha value is -1.85. The van der Waals surface area contributed by atoms with Gasteiger partial charge in [-0.2, -0.15) is 0 Å². The van der Waals surface area contributed by atoms with Crippen molar-refractivity contribution in [2.75, 3.05) is 31.1 Å². The highest BCUT2D eigenvalue weighted by atomic mass is 35.5. The van der Waals surface area contributed by atoms with Crippen LogP contribution in [0.4, 0.5) is 5.82 Å². The van der Waals surface area contributed by atoms with E-state index in [0.717, 1.165) is 41.6 Å². The fourth-order valence-corrected chi connectivity index (χ4v) is 3.89. The number of nitrogens with zero attached hydrogens (tertiary/aromatic N) is 4. The third kappa shape index (κ3) is 4.58. The molecule has 0 aliphatic carbocycles. The van der Waals surface area contributed by atoms with Gasteiger partial charge in [-0.15, -0.1) is 0 Å². The summed E-state index contributed by atoms with van der Waals surface area (Å²) < 4.78 is 0. The SMILES string of the molecule is CC(=O)N1CCN(c2nc(C(C)C)nc(C)c2Cc2ccc(Cl)cc2Cl)CC1. The molecule has 28 heavy (non-hydrogen) atoms. The second-order valence-electron chi connectivity index (χ2n) is 7.53. The Labute approximate surface area is 176 Å². The summed E-state index contributed by atoms with van der Waals surface area (Å²) in [6.45, 7) is 10.8. The fraction of sp³-hybridized carbons (Fsp3) is 0.476. The number of carbonyl (C=O) groups excluding carboxylic acids is 1. The molecule has 1 aromatic heterocycles. The van der Waals surface area contributed by atoms with Gasteiger partial charge in [-0.05, 0) is 24.6 Å². The Morgan fingerprint density at radius 2 is 1.82 bits per heavy atom. The number of hydrogen-bond donors (Lipinski definition) is 0. The van der Waals surface area contributed by atoms with Gasteiger partial charge in [-0.25, -0.2) is 9.97 Å². The third-order valence-corrected chi connectivity index (χ3v) is 5.72.